The van der Waals surface area contributed by atoms with Crippen molar-refractivity contribution >= 4 is 17.3 Å². The second-order valence-corrected chi connectivity index (χ2v) is 6.59. The van der Waals surface area contributed by atoms with Crippen LogP contribution in [-0.4, -0.2) is 25.3 Å². The van der Waals surface area contributed by atoms with Crippen molar-refractivity contribution < 1.29 is 9.53 Å². The molecular formula is C24H25N3O2. The average Bonchev–Trinajstić information content (AvgIpc) is 2.77. The van der Waals surface area contributed by atoms with Gasteiger partial charge < -0.3 is 10.1 Å². The number of hydrogen-bond acceptors (Lipinski definition) is 4. The second kappa shape index (κ2) is 10.7. The van der Waals surface area contributed by atoms with Gasteiger partial charge >= 0.3 is 0 Å². The Labute approximate surface area is 171 Å². The van der Waals surface area contributed by atoms with Crippen molar-refractivity contribution in [3.8, 4) is 5.75 Å². The van der Waals surface area contributed by atoms with Gasteiger partial charge in [-0.05, 0) is 23.3 Å². The van der Waals surface area contributed by atoms with Crippen LogP contribution < -0.4 is 15.5 Å². The zero-order valence-electron chi connectivity index (χ0n) is 16.5. The van der Waals surface area contributed by atoms with E-state index in [-0.39, 0.29) is 12.5 Å². The lowest BCUT2D eigenvalue weighted by atomic mass is 10.0. The minimum absolute atomic E-state index is 0.105. The predicted molar refractivity (Wildman–Crippen MR) is 117 cm³/mol. The van der Waals surface area contributed by atoms with Gasteiger partial charge in [0.15, 0.2) is 0 Å². The molecule has 0 aliphatic carbocycles. The molecule has 0 aliphatic heterocycles. The van der Waals surface area contributed by atoms with Crippen LogP contribution in [0.15, 0.2) is 90.0 Å². The standard InChI is InChI=1S/C24H25N3O2/c1-29-23-15-9-8-14-22(23)25-18-24(28)27-26-21(16-19-10-4-2-5-11-19)17-20-12-6-3-7-13-20/h2-15,25H,16-18H2,1H3,(H,27,28). The van der Waals surface area contributed by atoms with E-state index < -0.39 is 0 Å². The summed E-state index contributed by atoms with van der Waals surface area (Å²) in [6.07, 6.45) is 1.35. The summed E-state index contributed by atoms with van der Waals surface area (Å²) >= 11 is 0. The summed E-state index contributed by atoms with van der Waals surface area (Å²) in [6.45, 7) is 0.105. The average molecular weight is 387 g/mol. The molecule has 3 aromatic rings. The molecule has 3 aromatic carbocycles. The molecule has 0 saturated heterocycles. The Morgan fingerprint density at radius 3 is 1.97 bits per heavy atom. The number of carbonyl (C=O) groups is 1. The lowest BCUT2D eigenvalue weighted by Gasteiger charge is -2.11. The number of nitrogens with one attached hydrogen (secondary N) is 2. The molecule has 5 nitrogen and oxygen atoms in total. The minimum atomic E-state index is -0.213. The molecule has 0 spiro atoms. The molecule has 0 radical (unpaired) electrons. The van der Waals surface area contributed by atoms with E-state index in [1.165, 1.54) is 0 Å². The van der Waals surface area contributed by atoms with Gasteiger partial charge in [-0.25, -0.2) is 5.43 Å². The second-order valence-electron chi connectivity index (χ2n) is 6.59. The Balaban J connectivity index is 1.64. The molecule has 0 unspecified atom stereocenters. The van der Waals surface area contributed by atoms with Crippen molar-refractivity contribution in [2.24, 2.45) is 5.10 Å². The first-order valence-corrected chi connectivity index (χ1v) is 9.53. The van der Waals surface area contributed by atoms with Gasteiger partial charge in [-0.2, -0.15) is 5.10 Å². The molecule has 0 aromatic heterocycles. The number of rotatable bonds is 9. The summed E-state index contributed by atoms with van der Waals surface area (Å²) in [5.74, 6) is 0.479. The monoisotopic (exact) mass is 387 g/mol. The maximum absolute atomic E-state index is 12.3. The van der Waals surface area contributed by atoms with Gasteiger partial charge in [0.25, 0.3) is 5.91 Å². The van der Waals surface area contributed by atoms with Crippen molar-refractivity contribution in [2.75, 3.05) is 19.0 Å². The summed E-state index contributed by atoms with van der Waals surface area (Å²) in [5.41, 5.74) is 6.65. The first-order valence-electron chi connectivity index (χ1n) is 9.53. The zero-order valence-corrected chi connectivity index (χ0v) is 16.5. The van der Waals surface area contributed by atoms with E-state index in [4.69, 9.17) is 4.74 Å². The number of nitrogens with zero attached hydrogens (tertiary/aromatic N) is 1. The highest BCUT2D eigenvalue weighted by atomic mass is 16.5. The summed E-state index contributed by atoms with van der Waals surface area (Å²) in [7, 11) is 1.60. The van der Waals surface area contributed by atoms with Crippen LogP contribution in [0.3, 0.4) is 0 Å². The van der Waals surface area contributed by atoms with Crippen LogP contribution in [0.25, 0.3) is 0 Å². The molecule has 5 heteroatoms. The fraction of sp³-hybridized carbons (Fsp3) is 0.167. The maximum atomic E-state index is 12.3. The molecule has 0 fully saturated rings. The smallest absolute Gasteiger partial charge is 0.259 e. The third kappa shape index (κ3) is 6.50. The van der Waals surface area contributed by atoms with Gasteiger partial charge in [0, 0.05) is 18.6 Å². The molecule has 0 saturated carbocycles. The van der Waals surface area contributed by atoms with Gasteiger partial charge in [0.05, 0.1) is 19.3 Å². The molecule has 3 rings (SSSR count). The van der Waals surface area contributed by atoms with Crippen LogP contribution >= 0.6 is 0 Å². The Morgan fingerprint density at radius 1 is 0.828 bits per heavy atom. The number of benzene rings is 3. The van der Waals surface area contributed by atoms with Crippen LogP contribution in [0.1, 0.15) is 11.1 Å². The molecule has 0 heterocycles. The van der Waals surface area contributed by atoms with Crippen LogP contribution in [0.4, 0.5) is 5.69 Å². The molecule has 148 valence electrons. The normalized spacial score (nSPS) is 10.1. The van der Waals surface area contributed by atoms with Gasteiger partial charge in [0.1, 0.15) is 5.75 Å². The van der Waals surface area contributed by atoms with E-state index >= 15 is 0 Å². The number of hydrazone groups is 1. The third-order valence-electron chi connectivity index (χ3n) is 4.39. The molecular weight excluding hydrogens is 362 g/mol. The Bertz CT molecular complexity index is 897. The van der Waals surface area contributed by atoms with Crippen molar-refractivity contribution in [3.63, 3.8) is 0 Å². The Kier molecular flexibility index (Phi) is 7.41. The first-order chi connectivity index (χ1) is 14.2. The van der Waals surface area contributed by atoms with Crippen LogP contribution in [-0.2, 0) is 17.6 Å². The van der Waals surface area contributed by atoms with Crippen LogP contribution in [0.2, 0.25) is 0 Å². The van der Waals surface area contributed by atoms with Gasteiger partial charge in [-0.3, -0.25) is 4.79 Å². The van der Waals surface area contributed by atoms with Gasteiger partial charge in [-0.15, -0.1) is 0 Å². The predicted octanol–water partition coefficient (Wildman–Crippen LogP) is 4.06. The summed E-state index contributed by atoms with van der Waals surface area (Å²) in [4.78, 5) is 12.3. The highest BCUT2D eigenvalue weighted by molar-refractivity contribution is 5.90. The van der Waals surface area contributed by atoms with E-state index in [2.05, 4.69) is 40.1 Å². The molecule has 0 atom stereocenters. The number of carbonyl (C=O) groups excluding carboxylic acids is 1. The number of anilines is 1. The molecule has 0 aliphatic rings. The van der Waals surface area contributed by atoms with Crippen molar-refractivity contribution in [1.29, 1.82) is 0 Å². The van der Waals surface area contributed by atoms with E-state index in [9.17, 15) is 4.79 Å². The zero-order chi connectivity index (χ0) is 20.3. The van der Waals surface area contributed by atoms with E-state index in [0.29, 0.717) is 18.6 Å². The lowest BCUT2D eigenvalue weighted by molar-refractivity contribution is -0.119. The van der Waals surface area contributed by atoms with E-state index in [0.717, 1.165) is 22.5 Å². The Hall–Kier alpha value is -3.60. The van der Waals surface area contributed by atoms with Crippen LogP contribution in [0.5, 0.6) is 5.75 Å². The number of para-hydroxylation sites is 2. The summed E-state index contributed by atoms with van der Waals surface area (Å²) in [6, 6.07) is 27.7. The largest absolute Gasteiger partial charge is 0.495 e. The SMILES string of the molecule is COc1ccccc1NCC(=O)NN=C(Cc1ccccc1)Cc1ccccc1. The topological polar surface area (TPSA) is 62.7 Å². The van der Waals surface area contributed by atoms with E-state index in [1.807, 2.05) is 60.7 Å². The minimum Gasteiger partial charge on any atom is -0.495 e. The molecule has 29 heavy (non-hydrogen) atoms. The van der Waals surface area contributed by atoms with Crippen molar-refractivity contribution in [3.05, 3.63) is 96.1 Å². The number of methoxy groups -OCH3 is 1. The highest BCUT2D eigenvalue weighted by Crippen LogP contribution is 2.22. The summed E-state index contributed by atoms with van der Waals surface area (Å²) < 4.78 is 5.29. The third-order valence-corrected chi connectivity index (χ3v) is 4.39. The molecule has 0 bridgehead atoms. The number of amides is 1. The maximum Gasteiger partial charge on any atom is 0.259 e. The fourth-order valence-electron chi connectivity index (χ4n) is 2.95. The number of hydrogen-bond donors (Lipinski definition) is 2. The molecule has 1 amide bonds. The highest BCUT2D eigenvalue weighted by Gasteiger charge is 2.07. The van der Waals surface area contributed by atoms with Gasteiger partial charge in [-0.1, -0.05) is 72.8 Å². The molecule has 2 N–H and O–H groups in total. The fourth-order valence-corrected chi connectivity index (χ4v) is 2.95. The summed E-state index contributed by atoms with van der Waals surface area (Å²) in [5, 5.41) is 7.50. The lowest BCUT2D eigenvalue weighted by Crippen LogP contribution is -2.27. The van der Waals surface area contributed by atoms with E-state index in [1.54, 1.807) is 7.11 Å². The number of ether oxygens (including phenoxy) is 1. The van der Waals surface area contributed by atoms with Crippen LogP contribution in [0, 0.1) is 0 Å². The van der Waals surface area contributed by atoms with Gasteiger partial charge in [0.2, 0.25) is 0 Å². The Morgan fingerprint density at radius 2 is 1.38 bits per heavy atom. The van der Waals surface area contributed by atoms with Crippen molar-refractivity contribution in [2.45, 2.75) is 12.8 Å². The first kappa shape index (κ1) is 20.1. The quantitative estimate of drug-likeness (QED) is 0.430. The van der Waals surface area contributed by atoms with Crippen molar-refractivity contribution in [1.82, 2.24) is 5.43 Å².